The van der Waals surface area contributed by atoms with Crippen molar-refractivity contribution in [3.8, 4) is 0 Å². The average molecular weight is 377 g/mol. The van der Waals surface area contributed by atoms with Gasteiger partial charge in [-0.1, -0.05) is 6.07 Å². The molecule has 0 fully saturated rings. The van der Waals surface area contributed by atoms with Crippen LogP contribution in [-0.4, -0.2) is 8.42 Å². The van der Waals surface area contributed by atoms with Gasteiger partial charge in [0.05, 0.1) is 5.69 Å². The van der Waals surface area contributed by atoms with Crippen LogP contribution in [0.3, 0.4) is 0 Å². The molecule has 0 unspecified atom stereocenters. The van der Waals surface area contributed by atoms with Gasteiger partial charge in [0.15, 0.2) is 0 Å². The third-order valence-corrected chi connectivity index (χ3v) is 4.92. The highest BCUT2D eigenvalue weighted by molar-refractivity contribution is 9.10. The van der Waals surface area contributed by atoms with Gasteiger partial charge in [-0.3, -0.25) is 4.72 Å². The molecule has 0 aliphatic rings. The molecule has 0 heterocycles. The Morgan fingerprint density at radius 3 is 2.52 bits per heavy atom. The van der Waals surface area contributed by atoms with Crippen molar-refractivity contribution in [2.45, 2.75) is 11.8 Å². The van der Waals surface area contributed by atoms with Crippen molar-refractivity contribution >= 4 is 37.3 Å². The summed E-state index contributed by atoms with van der Waals surface area (Å²) in [5, 5.41) is 0. The van der Waals surface area contributed by atoms with Gasteiger partial charge in [-0.2, -0.15) is 0 Å². The lowest BCUT2D eigenvalue weighted by molar-refractivity contribution is 0.570. The molecule has 0 saturated heterocycles. The van der Waals surface area contributed by atoms with Gasteiger partial charge >= 0.3 is 0 Å². The molecular formula is C13H11BrF2N2O2S. The Morgan fingerprint density at radius 1 is 1.19 bits per heavy atom. The maximum absolute atomic E-state index is 13.8. The SMILES string of the molecule is Cc1c(F)cccc1NS(=O)(=O)c1cc(N)c(Br)cc1F. The molecule has 0 atom stereocenters. The fraction of sp³-hybridized carbons (Fsp3) is 0.0769. The second-order valence-electron chi connectivity index (χ2n) is 4.32. The number of hydrogen-bond donors (Lipinski definition) is 2. The zero-order valence-corrected chi connectivity index (χ0v) is 13.2. The molecule has 2 aromatic carbocycles. The van der Waals surface area contributed by atoms with Crippen LogP contribution in [0.25, 0.3) is 0 Å². The van der Waals surface area contributed by atoms with Gasteiger partial charge < -0.3 is 5.73 Å². The van der Waals surface area contributed by atoms with Crippen LogP contribution in [0.5, 0.6) is 0 Å². The molecule has 0 saturated carbocycles. The number of nitrogens with two attached hydrogens (primary N) is 1. The van der Waals surface area contributed by atoms with E-state index in [0.717, 1.165) is 12.1 Å². The lowest BCUT2D eigenvalue weighted by atomic mass is 10.2. The fourth-order valence-electron chi connectivity index (χ4n) is 1.67. The first kappa shape index (κ1) is 15.7. The third-order valence-electron chi connectivity index (χ3n) is 2.85. The quantitative estimate of drug-likeness (QED) is 0.806. The Balaban J connectivity index is 2.48. The predicted molar refractivity (Wildman–Crippen MR) is 80.5 cm³/mol. The van der Waals surface area contributed by atoms with E-state index in [9.17, 15) is 17.2 Å². The fourth-order valence-corrected chi connectivity index (χ4v) is 3.20. The van der Waals surface area contributed by atoms with Gasteiger partial charge in [0.2, 0.25) is 0 Å². The first-order valence-electron chi connectivity index (χ1n) is 5.75. The Hall–Kier alpha value is -1.67. The molecule has 0 aromatic heterocycles. The van der Waals surface area contributed by atoms with Crippen LogP contribution < -0.4 is 10.5 Å². The lowest BCUT2D eigenvalue weighted by Crippen LogP contribution is -2.16. The van der Waals surface area contributed by atoms with Crippen molar-refractivity contribution in [2.75, 3.05) is 10.5 Å². The van der Waals surface area contributed by atoms with Gasteiger partial charge in [0.1, 0.15) is 16.5 Å². The molecule has 4 nitrogen and oxygen atoms in total. The Labute approximate surface area is 129 Å². The monoisotopic (exact) mass is 376 g/mol. The van der Waals surface area contributed by atoms with E-state index in [1.54, 1.807) is 0 Å². The molecule has 0 spiro atoms. The standard InChI is InChI=1S/C13H11BrF2N2O2S/c1-7-9(15)3-2-4-12(7)18-21(19,20)13-6-11(17)8(14)5-10(13)16/h2-6,18H,17H2,1H3. The summed E-state index contributed by atoms with van der Waals surface area (Å²) in [5.74, 6) is -1.52. The molecule has 112 valence electrons. The second kappa shape index (κ2) is 5.61. The maximum Gasteiger partial charge on any atom is 0.264 e. The number of nitrogens with one attached hydrogen (secondary N) is 1. The van der Waals surface area contributed by atoms with Crippen molar-refractivity contribution in [3.63, 3.8) is 0 Å². The Morgan fingerprint density at radius 2 is 1.86 bits per heavy atom. The van der Waals surface area contributed by atoms with Crippen LogP contribution in [0.4, 0.5) is 20.2 Å². The smallest absolute Gasteiger partial charge is 0.264 e. The van der Waals surface area contributed by atoms with E-state index in [1.807, 2.05) is 0 Å². The van der Waals surface area contributed by atoms with Gasteiger partial charge in [-0.15, -0.1) is 0 Å². The van der Waals surface area contributed by atoms with E-state index in [4.69, 9.17) is 5.73 Å². The van der Waals surface area contributed by atoms with Crippen molar-refractivity contribution in [1.82, 2.24) is 0 Å². The van der Waals surface area contributed by atoms with E-state index >= 15 is 0 Å². The summed E-state index contributed by atoms with van der Waals surface area (Å²) in [6.07, 6.45) is 0. The van der Waals surface area contributed by atoms with Crippen LogP contribution in [0.15, 0.2) is 39.7 Å². The van der Waals surface area contributed by atoms with Crippen molar-refractivity contribution < 1.29 is 17.2 Å². The second-order valence-corrected chi connectivity index (χ2v) is 6.83. The molecule has 2 aromatic rings. The molecule has 0 aliphatic heterocycles. The molecule has 0 aliphatic carbocycles. The van der Waals surface area contributed by atoms with E-state index < -0.39 is 26.6 Å². The number of anilines is 2. The van der Waals surface area contributed by atoms with E-state index in [1.165, 1.54) is 25.1 Å². The predicted octanol–water partition coefficient (Wildman–Crippen LogP) is 3.42. The van der Waals surface area contributed by atoms with Crippen molar-refractivity contribution in [2.24, 2.45) is 0 Å². The number of benzene rings is 2. The van der Waals surface area contributed by atoms with E-state index in [0.29, 0.717) is 0 Å². The molecule has 2 rings (SSSR count). The first-order valence-corrected chi connectivity index (χ1v) is 8.02. The molecule has 0 amide bonds. The van der Waals surface area contributed by atoms with E-state index in [2.05, 4.69) is 20.7 Å². The average Bonchev–Trinajstić information content (AvgIpc) is 2.39. The zero-order chi connectivity index (χ0) is 15.8. The highest BCUT2D eigenvalue weighted by Crippen LogP contribution is 2.28. The number of hydrogen-bond acceptors (Lipinski definition) is 3. The van der Waals surface area contributed by atoms with Crippen LogP contribution in [0, 0.1) is 18.6 Å². The molecule has 8 heteroatoms. The number of rotatable bonds is 3. The summed E-state index contributed by atoms with van der Waals surface area (Å²) in [5.41, 5.74) is 5.80. The largest absolute Gasteiger partial charge is 0.398 e. The summed E-state index contributed by atoms with van der Waals surface area (Å²) >= 11 is 3.01. The van der Waals surface area contributed by atoms with Gasteiger partial charge in [0, 0.05) is 15.7 Å². The summed E-state index contributed by atoms with van der Waals surface area (Å²) in [6.45, 7) is 1.42. The molecule has 0 bridgehead atoms. The normalized spacial score (nSPS) is 11.4. The van der Waals surface area contributed by atoms with Crippen LogP contribution in [0.2, 0.25) is 0 Å². The van der Waals surface area contributed by atoms with Gasteiger partial charge in [-0.25, -0.2) is 17.2 Å². The summed E-state index contributed by atoms with van der Waals surface area (Å²) in [7, 11) is -4.22. The number of sulfonamides is 1. The first-order chi connectivity index (χ1) is 9.72. The maximum atomic E-state index is 13.8. The zero-order valence-electron chi connectivity index (χ0n) is 10.8. The van der Waals surface area contributed by atoms with Gasteiger partial charge in [0.25, 0.3) is 10.0 Å². The number of halogens is 3. The Bertz CT molecular complexity index is 810. The summed E-state index contributed by atoms with van der Waals surface area (Å²) in [6, 6.07) is 5.90. The summed E-state index contributed by atoms with van der Waals surface area (Å²) in [4.78, 5) is -0.605. The lowest BCUT2D eigenvalue weighted by Gasteiger charge is -2.12. The Kier molecular flexibility index (Phi) is 4.20. The van der Waals surface area contributed by atoms with Crippen molar-refractivity contribution in [3.05, 3.63) is 52.0 Å². The van der Waals surface area contributed by atoms with Crippen molar-refractivity contribution in [1.29, 1.82) is 0 Å². The molecule has 0 radical (unpaired) electrons. The highest BCUT2D eigenvalue weighted by atomic mass is 79.9. The molecular weight excluding hydrogens is 366 g/mol. The van der Waals surface area contributed by atoms with Crippen LogP contribution in [-0.2, 0) is 10.0 Å². The molecule has 3 N–H and O–H groups in total. The minimum Gasteiger partial charge on any atom is -0.398 e. The van der Waals surface area contributed by atoms with E-state index in [-0.39, 0.29) is 21.4 Å². The highest BCUT2D eigenvalue weighted by Gasteiger charge is 2.22. The topological polar surface area (TPSA) is 72.2 Å². The summed E-state index contributed by atoms with van der Waals surface area (Å²) < 4.78 is 54.1. The van der Waals surface area contributed by atoms with Gasteiger partial charge in [-0.05, 0) is 47.1 Å². The minimum absolute atomic E-state index is 0.0379. The third kappa shape index (κ3) is 3.16. The van der Waals surface area contributed by atoms with Crippen LogP contribution in [0.1, 0.15) is 5.56 Å². The van der Waals surface area contributed by atoms with Crippen LogP contribution >= 0.6 is 15.9 Å². The molecule has 21 heavy (non-hydrogen) atoms. The number of nitrogen functional groups attached to an aromatic ring is 1. The minimum atomic E-state index is -4.22.